The highest BCUT2D eigenvalue weighted by molar-refractivity contribution is 7.91. The molecule has 0 aliphatic carbocycles. The maximum absolute atomic E-state index is 12.1. The van der Waals surface area contributed by atoms with Gasteiger partial charge in [0.1, 0.15) is 17.9 Å². The van der Waals surface area contributed by atoms with Crippen LogP contribution in [0.15, 0.2) is 46.2 Å². The fourth-order valence-electron chi connectivity index (χ4n) is 2.81. The number of benzene rings is 1. The zero-order valence-corrected chi connectivity index (χ0v) is 12.4. The zero-order valence-electron chi connectivity index (χ0n) is 11.6. The fourth-order valence-corrected chi connectivity index (χ4v) is 4.35. The SMILES string of the molecule is O=S1(=O)CCc2c1ccc1ncnc(NCc3ccco3)c21. The molecule has 1 aliphatic rings. The average molecular weight is 315 g/mol. The molecule has 0 radical (unpaired) electrons. The first kappa shape index (κ1) is 13.3. The largest absolute Gasteiger partial charge is 0.467 e. The van der Waals surface area contributed by atoms with E-state index < -0.39 is 9.84 Å². The first-order valence-electron chi connectivity index (χ1n) is 6.91. The lowest BCUT2D eigenvalue weighted by atomic mass is 10.1. The number of anilines is 1. The van der Waals surface area contributed by atoms with Gasteiger partial charge in [-0.3, -0.25) is 0 Å². The van der Waals surface area contributed by atoms with Gasteiger partial charge in [-0.2, -0.15) is 0 Å². The van der Waals surface area contributed by atoms with E-state index in [0.29, 0.717) is 23.7 Å². The Morgan fingerprint density at radius 3 is 2.95 bits per heavy atom. The summed E-state index contributed by atoms with van der Waals surface area (Å²) in [4.78, 5) is 8.91. The van der Waals surface area contributed by atoms with Crippen molar-refractivity contribution in [1.29, 1.82) is 0 Å². The Bertz CT molecular complexity index is 950. The molecule has 22 heavy (non-hydrogen) atoms. The van der Waals surface area contributed by atoms with Crippen LogP contribution in [0, 0.1) is 0 Å². The number of aromatic nitrogens is 2. The number of furan rings is 1. The number of aryl methyl sites for hydroxylation is 1. The second kappa shape index (κ2) is 4.81. The maximum Gasteiger partial charge on any atom is 0.179 e. The molecule has 0 fully saturated rings. The lowest BCUT2D eigenvalue weighted by Gasteiger charge is -2.10. The number of hydrogen-bond acceptors (Lipinski definition) is 6. The molecule has 0 bridgehead atoms. The molecule has 112 valence electrons. The Morgan fingerprint density at radius 1 is 1.23 bits per heavy atom. The second-order valence-corrected chi connectivity index (χ2v) is 7.24. The van der Waals surface area contributed by atoms with Crippen LogP contribution in [0.5, 0.6) is 0 Å². The van der Waals surface area contributed by atoms with Crippen LogP contribution in [0.4, 0.5) is 5.82 Å². The van der Waals surface area contributed by atoms with Crippen molar-refractivity contribution in [2.45, 2.75) is 17.9 Å². The molecular weight excluding hydrogens is 302 g/mol. The van der Waals surface area contributed by atoms with Crippen molar-refractivity contribution in [3.8, 4) is 0 Å². The van der Waals surface area contributed by atoms with Crippen molar-refractivity contribution in [1.82, 2.24) is 9.97 Å². The van der Waals surface area contributed by atoms with Gasteiger partial charge in [0.15, 0.2) is 9.84 Å². The van der Waals surface area contributed by atoms with Crippen LogP contribution in [0.1, 0.15) is 11.3 Å². The topological polar surface area (TPSA) is 85.1 Å². The van der Waals surface area contributed by atoms with Gasteiger partial charge in [0, 0.05) is 5.39 Å². The molecule has 0 saturated heterocycles. The minimum absolute atomic E-state index is 0.147. The van der Waals surface area contributed by atoms with Gasteiger partial charge in [-0.15, -0.1) is 0 Å². The quantitative estimate of drug-likeness (QED) is 0.797. The van der Waals surface area contributed by atoms with Crippen LogP contribution in [0.25, 0.3) is 10.9 Å². The van der Waals surface area contributed by atoms with E-state index in [4.69, 9.17) is 4.42 Å². The molecule has 1 aliphatic heterocycles. The Balaban J connectivity index is 1.83. The van der Waals surface area contributed by atoms with E-state index in [2.05, 4.69) is 15.3 Å². The third-order valence-corrected chi connectivity index (χ3v) is 5.63. The Hall–Kier alpha value is -2.41. The van der Waals surface area contributed by atoms with Crippen molar-refractivity contribution < 1.29 is 12.8 Å². The summed E-state index contributed by atoms with van der Waals surface area (Å²) < 4.78 is 29.4. The summed E-state index contributed by atoms with van der Waals surface area (Å²) in [5.74, 6) is 1.57. The summed E-state index contributed by atoms with van der Waals surface area (Å²) in [6.45, 7) is 0.482. The minimum atomic E-state index is -3.17. The number of rotatable bonds is 3. The number of nitrogens with zero attached hydrogens (tertiary/aromatic N) is 2. The van der Waals surface area contributed by atoms with E-state index in [-0.39, 0.29) is 5.75 Å². The first-order valence-corrected chi connectivity index (χ1v) is 8.56. The van der Waals surface area contributed by atoms with Gasteiger partial charge in [-0.05, 0) is 36.2 Å². The Labute approximate surface area is 127 Å². The zero-order chi connectivity index (χ0) is 15.2. The first-order chi connectivity index (χ1) is 10.6. The molecule has 6 nitrogen and oxygen atoms in total. The van der Waals surface area contributed by atoms with E-state index >= 15 is 0 Å². The smallest absolute Gasteiger partial charge is 0.179 e. The van der Waals surface area contributed by atoms with Crippen LogP contribution < -0.4 is 5.32 Å². The molecule has 3 heterocycles. The van der Waals surface area contributed by atoms with Crippen molar-refractivity contribution in [2.75, 3.05) is 11.1 Å². The van der Waals surface area contributed by atoms with Gasteiger partial charge in [-0.25, -0.2) is 18.4 Å². The van der Waals surface area contributed by atoms with E-state index in [1.54, 1.807) is 18.4 Å². The van der Waals surface area contributed by atoms with Gasteiger partial charge in [0.2, 0.25) is 0 Å². The highest BCUT2D eigenvalue weighted by atomic mass is 32.2. The van der Waals surface area contributed by atoms with Crippen molar-refractivity contribution in [3.63, 3.8) is 0 Å². The lowest BCUT2D eigenvalue weighted by Crippen LogP contribution is -2.03. The second-order valence-electron chi connectivity index (χ2n) is 5.16. The molecule has 3 aromatic rings. The molecule has 0 unspecified atom stereocenters. The number of hydrogen-bond donors (Lipinski definition) is 1. The van der Waals surface area contributed by atoms with Crippen LogP contribution in [-0.4, -0.2) is 24.1 Å². The molecule has 7 heteroatoms. The maximum atomic E-state index is 12.1. The Morgan fingerprint density at radius 2 is 2.14 bits per heavy atom. The highest BCUT2D eigenvalue weighted by Gasteiger charge is 2.29. The van der Waals surface area contributed by atoms with Crippen LogP contribution >= 0.6 is 0 Å². The summed E-state index contributed by atoms with van der Waals surface area (Å²) in [7, 11) is -3.17. The van der Waals surface area contributed by atoms with E-state index in [1.165, 1.54) is 6.33 Å². The van der Waals surface area contributed by atoms with Crippen molar-refractivity contribution >= 4 is 26.6 Å². The van der Waals surface area contributed by atoms with Crippen LogP contribution in [0.3, 0.4) is 0 Å². The van der Waals surface area contributed by atoms with Crippen LogP contribution in [-0.2, 0) is 22.8 Å². The predicted molar refractivity (Wildman–Crippen MR) is 81.3 cm³/mol. The number of nitrogens with one attached hydrogen (secondary N) is 1. The standard InChI is InChI=1S/C15H13N3O3S/c19-22(20)7-5-11-13(22)4-3-12-14(11)15(18-9-17-12)16-8-10-2-1-6-21-10/h1-4,6,9H,5,7-8H2,(H,16,17,18). The molecule has 2 aromatic heterocycles. The number of fused-ring (bicyclic) bond motifs is 3. The molecule has 1 aromatic carbocycles. The number of sulfone groups is 1. The van der Waals surface area contributed by atoms with Crippen LogP contribution in [0.2, 0.25) is 0 Å². The Kier molecular flexibility index (Phi) is 2.90. The predicted octanol–water partition coefficient (Wildman–Crippen LogP) is 2.16. The lowest BCUT2D eigenvalue weighted by molar-refractivity contribution is 0.518. The summed E-state index contributed by atoms with van der Waals surface area (Å²) in [5, 5.41) is 3.99. The van der Waals surface area contributed by atoms with E-state index in [1.807, 2.05) is 12.1 Å². The summed E-state index contributed by atoms with van der Waals surface area (Å²) in [6.07, 6.45) is 3.58. The van der Waals surface area contributed by atoms with Gasteiger partial charge in [0.25, 0.3) is 0 Å². The normalized spacial score (nSPS) is 15.8. The summed E-state index contributed by atoms with van der Waals surface area (Å²) in [6, 6.07) is 7.06. The molecule has 0 saturated carbocycles. The third kappa shape index (κ3) is 2.05. The van der Waals surface area contributed by atoms with Crippen molar-refractivity contribution in [2.24, 2.45) is 0 Å². The molecular formula is C15H13N3O3S. The van der Waals surface area contributed by atoms with Gasteiger partial charge >= 0.3 is 0 Å². The van der Waals surface area contributed by atoms with Gasteiger partial charge in [-0.1, -0.05) is 0 Å². The molecule has 0 atom stereocenters. The average Bonchev–Trinajstić information content (AvgIpc) is 3.13. The monoisotopic (exact) mass is 315 g/mol. The molecule has 4 rings (SSSR count). The molecule has 0 spiro atoms. The van der Waals surface area contributed by atoms with Gasteiger partial charge < -0.3 is 9.73 Å². The van der Waals surface area contributed by atoms with E-state index in [0.717, 1.165) is 22.2 Å². The minimum Gasteiger partial charge on any atom is -0.467 e. The third-order valence-electron chi connectivity index (χ3n) is 3.83. The summed E-state index contributed by atoms with van der Waals surface area (Å²) in [5.41, 5.74) is 1.55. The fraction of sp³-hybridized carbons (Fsp3) is 0.200. The van der Waals surface area contributed by atoms with Crippen molar-refractivity contribution in [3.05, 3.63) is 48.2 Å². The summed E-state index contributed by atoms with van der Waals surface area (Å²) >= 11 is 0. The van der Waals surface area contributed by atoms with E-state index in [9.17, 15) is 8.42 Å². The van der Waals surface area contributed by atoms with Gasteiger partial charge in [0.05, 0.1) is 29.0 Å². The highest BCUT2D eigenvalue weighted by Crippen LogP contribution is 2.34. The molecule has 0 amide bonds. The molecule has 1 N–H and O–H groups in total.